The van der Waals surface area contributed by atoms with E-state index < -0.39 is 0 Å². The molecule has 5 nitrogen and oxygen atoms in total. The van der Waals surface area contributed by atoms with Gasteiger partial charge in [0.25, 0.3) is 0 Å². The summed E-state index contributed by atoms with van der Waals surface area (Å²) in [5, 5.41) is 2.83. The molecule has 1 aliphatic heterocycles. The Hall–Kier alpha value is -2.82. The number of nitrogens with one attached hydrogen (secondary N) is 1. The molecule has 0 atom stereocenters. The van der Waals surface area contributed by atoms with Crippen LogP contribution in [0.3, 0.4) is 0 Å². The van der Waals surface area contributed by atoms with Crippen LogP contribution in [0.1, 0.15) is 31.4 Å². The Morgan fingerprint density at radius 1 is 1.00 bits per heavy atom. The molecule has 1 N–H and O–H groups in total. The number of nitrogens with zero attached hydrogens (tertiary/aromatic N) is 2. The topological polar surface area (TPSA) is 52.7 Å². The molecule has 3 rings (SSSR count). The number of carbonyl (C=O) groups is 2. The minimum absolute atomic E-state index is 0.123. The van der Waals surface area contributed by atoms with Crippen LogP contribution in [0.25, 0.3) is 0 Å². The first-order chi connectivity index (χ1) is 13.1. The Bertz CT molecular complexity index is 797. The third kappa shape index (κ3) is 4.67. The van der Waals surface area contributed by atoms with Gasteiger partial charge in [0.2, 0.25) is 11.8 Å². The van der Waals surface area contributed by atoms with Crippen LogP contribution in [0.4, 0.5) is 11.4 Å². The number of anilines is 2. The standard InChI is InChI=1S/C22H27N3O2/c1-3-24(4-2)20-11-9-19(10-12-20)23-21(26)15-22(27)25-14-13-17-7-5-6-8-18(17)16-25/h5-12H,3-4,13-16H2,1-2H3,(H,23,26). The largest absolute Gasteiger partial charge is 0.372 e. The van der Waals surface area contributed by atoms with E-state index in [1.807, 2.05) is 42.5 Å². The van der Waals surface area contributed by atoms with Crippen LogP contribution in [-0.4, -0.2) is 36.3 Å². The summed E-state index contributed by atoms with van der Waals surface area (Å²) in [5.74, 6) is -0.392. The lowest BCUT2D eigenvalue weighted by Crippen LogP contribution is -2.37. The fraction of sp³-hybridized carbons (Fsp3) is 0.364. The van der Waals surface area contributed by atoms with Crippen LogP contribution in [0, 0.1) is 0 Å². The molecule has 0 aromatic heterocycles. The zero-order valence-electron chi connectivity index (χ0n) is 16.1. The molecular formula is C22H27N3O2. The highest BCUT2D eigenvalue weighted by molar-refractivity contribution is 6.03. The zero-order chi connectivity index (χ0) is 19.2. The first-order valence-corrected chi connectivity index (χ1v) is 9.60. The summed E-state index contributed by atoms with van der Waals surface area (Å²) < 4.78 is 0. The highest BCUT2D eigenvalue weighted by Gasteiger charge is 2.22. The Kier molecular flexibility index (Phi) is 6.12. The summed E-state index contributed by atoms with van der Waals surface area (Å²) in [6.45, 7) is 7.36. The Morgan fingerprint density at radius 2 is 1.67 bits per heavy atom. The molecule has 1 aliphatic rings. The van der Waals surface area contributed by atoms with Gasteiger partial charge in [0.05, 0.1) is 0 Å². The number of amides is 2. The van der Waals surface area contributed by atoms with Gasteiger partial charge < -0.3 is 15.1 Å². The maximum atomic E-state index is 12.5. The lowest BCUT2D eigenvalue weighted by atomic mass is 10.00. The van der Waals surface area contributed by atoms with Gasteiger partial charge in [0.15, 0.2) is 0 Å². The lowest BCUT2D eigenvalue weighted by molar-refractivity contribution is -0.135. The maximum Gasteiger partial charge on any atom is 0.233 e. The predicted molar refractivity (Wildman–Crippen MR) is 109 cm³/mol. The minimum Gasteiger partial charge on any atom is -0.372 e. The Morgan fingerprint density at radius 3 is 2.33 bits per heavy atom. The van der Waals surface area contributed by atoms with E-state index in [1.165, 1.54) is 11.1 Å². The van der Waals surface area contributed by atoms with Gasteiger partial charge in [-0.3, -0.25) is 9.59 Å². The average Bonchev–Trinajstić information content (AvgIpc) is 2.69. The molecule has 0 bridgehead atoms. The van der Waals surface area contributed by atoms with Crippen molar-refractivity contribution in [1.82, 2.24) is 4.90 Å². The molecule has 27 heavy (non-hydrogen) atoms. The summed E-state index contributed by atoms with van der Waals surface area (Å²) >= 11 is 0. The van der Waals surface area contributed by atoms with Crippen molar-refractivity contribution in [3.8, 4) is 0 Å². The molecule has 2 aromatic carbocycles. The van der Waals surface area contributed by atoms with E-state index in [9.17, 15) is 9.59 Å². The van der Waals surface area contributed by atoms with E-state index in [0.29, 0.717) is 18.8 Å². The van der Waals surface area contributed by atoms with E-state index in [4.69, 9.17) is 0 Å². The van der Waals surface area contributed by atoms with Gasteiger partial charge in [0.1, 0.15) is 6.42 Å². The van der Waals surface area contributed by atoms with Gasteiger partial charge in [-0.15, -0.1) is 0 Å². The third-order valence-electron chi connectivity index (χ3n) is 5.07. The molecule has 0 radical (unpaired) electrons. The normalized spacial score (nSPS) is 13.0. The van der Waals surface area contributed by atoms with Crippen LogP contribution in [-0.2, 0) is 22.6 Å². The highest BCUT2D eigenvalue weighted by Crippen LogP contribution is 2.20. The van der Waals surface area contributed by atoms with Crippen LogP contribution < -0.4 is 10.2 Å². The van der Waals surface area contributed by atoms with Crippen LogP contribution in [0.15, 0.2) is 48.5 Å². The number of benzene rings is 2. The van der Waals surface area contributed by atoms with Crippen molar-refractivity contribution in [2.45, 2.75) is 33.2 Å². The van der Waals surface area contributed by atoms with Crippen molar-refractivity contribution in [3.63, 3.8) is 0 Å². The number of carbonyl (C=O) groups excluding carboxylic acids is 2. The molecule has 0 saturated heterocycles. The third-order valence-corrected chi connectivity index (χ3v) is 5.07. The number of fused-ring (bicyclic) bond motifs is 1. The minimum atomic E-state index is -0.269. The fourth-order valence-electron chi connectivity index (χ4n) is 3.51. The molecular weight excluding hydrogens is 338 g/mol. The smallest absolute Gasteiger partial charge is 0.233 e. The Balaban J connectivity index is 1.54. The molecule has 0 spiro atoms. The second-order valence-electron chi connectivity index (χ2n) is 6.78. The van der Waals surface area contributed by atoms with Crippen LogP contribution in [0.2, 0.25) is 0 Å². The van der Waals surface area contributed by atoms with Gasteiger partial charge in [-0.1, -0.05) is 24.3 Å². The molecule has 5 heteroatoms. The molecule has 142 valence electrons. The van der Waals surface area contributed by atoms with Gasteiger partial charge >= 0.3 is 0 Å². The summed E-state index contributed by atoms with van der Waals surface area (Å²) in [5.41, 5.74) is 4.30. The second-order valence-corrected chi connectivity index (χ2v) is 6.78. The monoisotopic (exact) mass is 365 g/mol. The van der Waals surface area contributed by atoms with Crippen molar-refractivity contribution < 1.29 is 9.59 Å². The van der Waals surface area contributed by atoms with E-state index in [1.54, 1.807) is 4.90 Å². The van der Waals surface area contributed by atoms with Crippen molar-refractivity contribution in [1.29, 1.82) is 0 Å². The summed E-state index contributed by atoms with van der Waals surface area (Å²) in [7, 11) is 0. The van der Waals surface area contributed by atoms with E-state index in [0.717, 1.165) is 25.2 Å². The summed E-state index contributed by atoms with van der Waals surface area (Å²) in [4.78, 5) is 28.8. The van der Waals surface area contributed by atoms with Crippen molar-refractivity contribution >= 4 is 23.2 Å². The second kappa shape index (κ2) is 8.71. The summed E-state index contributed by atoms with van der Waals surface area (Å²) in [6.07, 6.45) is 0.719. The number of hydrogen-bond donors (Lipinski definition) is 1. The van der Waals surface area contributed by atoms with Gasteiger partial charge in [0, 0.05) is 37.6 Å². The van der Waals surface area contributed by atoms with Crippen molar-refractivity contribution in [3.05, 3.63) is 59.7 Å². The molecule has 0 fully saturated rings. The van der Waals surface area contributed by atoms with Crippen LogP contribution in [0.5, 0.6) is 0 Å². The number of rotatable bonds is 6. The molecule has 0 unspecified atom stereocenters. The first kappa shape index (κ1) is 19.0. The molecule has 0 aliphatic carbocycles. The van der Waals surface area contributed by atoms with Crippen LogP contribution >= 0.6 is 0 Å². The average molecular weight is 365 g/mol. The van der Waals surface area contributed by atoms with Gasteiger partial charge in [-0.05, 0) is 55.7 Å². The van der Waals surface area contributed by atoms with Crippen molar-refractivity contribution in [2.24, 2.45) is 0 Å². The number of hydrogen-bond acceptors (Lipinski definition) is 3. The highest BCUT2D eigenvalue weighted by atomic mass is 16.2. The predicted octanol–water partition coefficient (Wildman–Crippen LogP) is 3.45. The SMILES string of the molecule is CCN(CC)c1ccc(NC(=O)CC(=O)N2CCc3ccccc3C2)cc1. The van der Waals surface area contributed by atoms with E-state index >= 15 is 0 Å². The van der Waals surface area contributed by atoms with Crippen molar-refractivity contribution in [2.75, 3.05) is 29.9 Å². The molecule has 2 amide bonds. The zero-order valence-corrected chi connectivity index (χ0v) is 16.1. The molecule has 1 heterocycles. The Labute approximate surface area is 161 Å². The lowest BCUT2D eigenvalue weighted by Gasteiger charge is -2.28. The van der Waals surface area contributed by atoms with Gasteiger partial charge in [-0.25, -0.2) is 0 Å². The van der Waals surface area contributed by atoms with E-state index in [2.05, 4.69) is 30.1 Å². The maximum absolute atomic E-state index is 12.5. The quantitative estimate of drug-likeness (QED) is 0.798. The molecule has 2 aromatic rings. The van der Waals surface area contributed by atoms with E-state index in [-0.39, 0.29) is 18.2 Å². The fourth-order valence-corrected chi connectivity index (χ4v) is 3.51. The summed E-state index contributed by atoms with van der Waals surface area (Å²) in [6, 6.07) is 15.9. The van der Waals surface area contributed by atoms with Gasteiger partial charge in [-0.2, -0.15) is 0 Å². The first-order valence-electron chi connectivity index (χ1n) is 9.60. The molecule has 0 saturated carbocycles.